The number of hydrogen-bond donors (Lipinski definition) is 1. The second-order valence-corrected chi connectivity index (χ2v) is 9.29. The van der Waals surface area contributed by atoms with Crippen molar-refractivity contribution in [1.82, 2.24) is 4.98 Å². The number of anilines is 1. The summed E-state index contributed by atoms with van der Waals surface area (Å²) in [5, 5.41) is 11.2. The van der Waals surface area contributed by atoms with E-state index in [9.17, 15) is 27.9 Å². The first-order chi connectivity index (χ1) is 16.7. The number of nitrogens with zero attached hydrogens (tertiary/aromatic N) is 2. The number of amides is 1. The lowest BCUT2D eigenvalue weighted by molar-refractivity contribution is -0.132. The van der Waals surface area contributed by atoms with Gasteiger partial charge in [0.1, 0.15) is 11.6 Å². The van der Waals surface area contributed by atoms with Gasteiger partial charge >= 0.3 is 5.91 Å². The van der Waals surface area contributed by atoms with Gasteiger partial charge in [-0.1, -0.05) is 41.2 Å². The van der Waals surface area contributed by atoms with Crippen LogP contribution in [0.1, 0.15) is 28.3 Å². The molecule has 0 aliphatic carbocycles. The third-order valence-electron chi connectivity index (χ3n) is 5.86. The average Bonchev–Trinajstić information content (AvgIpc) is 3.33. The van der Waals surface area contributed by atoms with Gasteiger partial charge in [0, 0.05) is 11.6 Å². The quantitative estimate of drug-likeness (QED) is 0.217. The smallest absolute Gasteiger partial charge is 0.301 e. The van der Waals surface area contributed by atoms with E-state index in [2.05, 4.69) is 4.98 Å². The number of rotatable bonds is 3. The maximum absolute atomic E-state index is 13.8. The van der Waals surface area contributed by atoms with Crippen LogP contribution in [0.5, 0.6) is 0 Å². The van der Waals surface area contributed by atoms with Gasteiger partial charge in [0.05, 0.1) is 21.8 Å². The van der Waals surface area contributed by atoms with E-state index in [0.29, 0.717) is 5.56 Å². The molecule has 4 aromatic rings. The average molecular weight is 494 g/mol. The SMILES string of the molecule is Cc1cccc(C2/C(=C(\O)c3ccc(F)c(C)c3)C(=O)C(=O)N2c2nc3cc(F)c(F)cc3s2)c1. The molecule has 3 aromatic carbocycles. The molecule has 1 amide bonds. The van der Waals surface area contributed by atoms with Gasteiger partial charge in [-0.15, -0.1) is 0 Å². The summed E-state index contributed by atoms with van der Waals surface area (Å²) in [7, 11) is 0. The number of aliphatic hydroxyl groups is 1. The van der Waals surface area contributed by atoms with E-state index < -0.39 is 40.9 Å². The summed E-state index contributed by atoms with van der Waals surface area (Å²) in [5.41, 5.74) is 1.74. The van der Waals surface area contributed by atoms with Crippen molar-refractivity contribution < 1.29 is 27.9 Å². The predicted octanol–water partition coefficient (Wildman–Crippen LogP) is 5.96. The van der Waals surface area contributed by atoms with Gasteiger partial charge in [0.15, 0.2) is 16.8 Å². The summed E-state index contributed by atoms with van der Waals surface area (Å²) in [6.45, 7) is 3.35. The van der Waals surface area contributed by atoms with E-state index in [4.69, 9.17) is 0 Å². The normalized spacial score (nSPS) is 17.5. The largest absolute Gasteiger partial charge is 0.507 e. The van der Waals surface area contributed by atoms with Gasteiger partial charge in [-0.05, 0) is 49.2 Å². The number of benzene rings is 3. The number of Topliss-reactive ketones (excluding diaryl/α,β-unsaturated/α-hetero) is 1. The highest BCUT2D eigenvalue weighted by atomic mass is 32.1. The van der Waals surface area contributed by atoms with Crippen LogP contribution in [0.3, 0.4) is 0 Å². The van der Waals surface area contributed by atoms with Gasteiger partial charge in [0.25, 0.3) is 5.78 Å². The Kier molecular flexibility index (Phi) is 5.44. The van der Waals surface area contributed by atoms with Crippen molar-refractivity contribution in [2.75, 3.05) is 4.90 Å². The summed E-state index contributed by atoms with van der Waals surface area (Å²) in [5.74, 6) is -4.98. The number of hydrogen-bond acceptors (Lipinski definition) is 5. The maximum atomic E-state index is 13.8. The maximum Gasteiger partial charge on any atom is 0.301 e. The van der Waals surface area contributed by atoms with Crippen molar-refractivity contribution in [2.24, 2.45) is 0 Å². The van der Waals surface area contributed by atoms with Gasteiger partial charge in [-0.3, -0.25) is 14.5 Å². The second kappa shape index (κ2) is 8.35. The number of carbonyl (C=O) groups excluding carboxylic acids is 2. The van der Waals surface area contributed by atoms with Crippen molar-refractivity contribution in [3.8, 4) is 0 Å². The zero-order valence-electron chi connectivity index (χ0n) is 18.5. The molecule has 0 bridgehead atoms. The molecule has 0 radical (unpaired) electrons. The molecule has 0 spiro atoms. The Morgan fingerprint density at radius 2 is 1.71 bits per heavy atom. The van der Waals surface area contributed by atoms with Crippen molar-refractivity contribution in [3.63, 3.8) is 0 Å². The van der Waals surface area contributed by atoms with Crippen molar-refractivity contribution >= 4 is 44.1 Å². The molecule has 5 rings (SSSR count). The molecule has 1 aromatic heterocycles. The van der Waals surface area contributed by atoms with E-state index in [1.165, 1.54) is 25.1 Å². The molecule has 1 unspecified atom stereocenters. The molecule has 1 atom stereocenters. The molecule has 9 heteroatoms. The Balaban J connectivity index is 1.75. The van der Waals surface area contributed by atoms with Crippen molar-refractivity contribution in [2.45, 2.75) is 19.9 Å². The third-order valence-corrected chi connectivity index (χ3v) is 6.88. The lowest BCUT2D eigenvalue weighted by Gasteiger charge is -2.23. The van der Waals surface area contributed by atoms with Gasteiger partial charge < -0.3 is 5.11 Å². The summed E-state index contributed by atoms with van der Waals surface area (Å²) in [6, 6.07) is 11.8. The molecule has 176 valence electrons. The van der Waals surface area contributed by atoms with E-state index in [1.807, 2.05) is 13.0 Å². The number of aryl methyl sites for hydroxylation is 2. The minimum absolute atomic E-state index is 0.0490. The Morgan fingerprint density at radius 3 is 2.43 bits per heavy atom. The molecule has 5 nitrogen and oxygen atoms in total. The van der Waals surface area contributed by atoms with Crippen LogP contribution in [0.2, 0.25) is 0 Å². The summed E-state index contributed by atoms with van der Waals surface area (Å²) >= 11 is 0.921. The van der Waals surface area contributed by atoms with Crippen molar-refractivity contribution in [1.29, 1.82) is 0 Å². The zero-order valence-corrected chi connectivity index (χ0v) is 19.3. The van der Waals surface area contributed by atoms with Crippen LogP contribution in [-0.4, -0.2) is 21.8 Å². The fourth-order valence-corrected chi connectivity index (χ4v) is 5.15. The number of fused-ring (bicyclic) bond motifs is 1. The highest BCUT2D eigenvalue weighted by molar-refractivity contribution is 7.22. The molecule has 0 saturated carbocycles. The van der Waals surface area contributed by atoms with Crippen LogP contribution in [0.4, 0.5) is 18.3 Å². The fraction of sp³-hybridized carbons (Fsp3) is 0.115. The lowest BCUT2D eigenvalue weighted by Crippen LogP contribution is -2.29. The van der Waals surface area contributed by atoms with E-state index in [0.717, 1.165) is 33.9 Å². The molecule has 1 aliphatic rings. The summed E-state index contributed by atoms with van der Waals surface area (Å²) in [6.07, 6.45) is 0. The van der Waals surface area contributed by atoms with Crippen LogP contribution in [0.25, 0.3) is 16.0 Å². The number of ketones is 1. The molecular weight excluding hydrogens is 477 g/mol. The Morgan fingerprint density at radius 1 is 0.971 bits per heavy atom. The first-order valence-electron chi connectivity index (χ1n) is 10.6. The minimum atomic E-state index is -1.08. The number of carbonyl (C=O) groups is 2. The van der Waals surface area contributed by atoms with Gasteiger partial charge in [0.2, 0.25) is 0 Å². The predicted molar refractivity (Wildman–Crippen MR) is 127 cm³/mol. The molecule has 1 saturated heterocycles. The molecule has 35 heavy (non-hydrogen) atoms. The lowest BCUT2D eigenvalue weighted by atomic mass is 9.94. The van der Waals surface area contributed by atoms with Crippen LogP contribution in [-0.2, 0) is 9.59 Å². The summed E-state index contributed by atoms with van der Waals surface area (Å²) in [4.78, 5) is 31.9. The molecule has 1 aliphatic heterocycles. The topological polar surface area (TPSA) is 70.5 Å². The molecule has 2 heterocycles. The number of aliphatic hydroxyl groups excluding tert-OH is 1. The Labute approximate surface area is 201 Å². The van der Waals surface area contributed by atoms with Gasteiger partial charge in [-0.25, -0.2) is 18.2 Å². The third kappa shape index (κ3) is 3.77. The Hall–Kier alpha value is -3.98. The molecule has 1 N–H and O–H groups in total. The van der Waals surface area contributed by atoms with E-state index in [-0.39, 0.29) is 32.0 Å². The van der Waals surface area contributed by atoms with Gasteiger partial charge in [-0.2, -0.15) is 0 Å². The van der Waals surface area contributed by atoms with Crippen LogP contribution < -0.4 is 4.90 Å². The zero-order chi connectivity index (χ0) is 25.0. The van der Waals surface area contributed by atoms with E-state index in [1.54, 1.807) is 18.2 Å². The fourth-order valence-electron chi connectivity index (χ4n) is 4.15. The first-order valence-corrected chi connectivity index (χ1v) is 11.4. The Bertz CT molecular complexity index is 1540. The van der Waals surface area contributed by atoms with Crippen LogP contribution in [0.15, 0.2) is 60.2 Å². The first kappa shape index (κ1) is 22.8. The van der Waals surface area contributed by atoms with Crippen LogP contribution in [0, 0.1) is 31.3 Å². The molecular formula is C26H17F3N2O3S. The number of halogens is 3. The second-order valence-electron chi connectivity index (χ2n) is 8.28. The number of aromatic nitrogens is 1. The van der Waals surface area contributed by atoms with Crippen molar-refractivity contribution in [3.05, 3.63) is 99.9 Å². The monoisotopic (exact) mass is 494 g/mol. The standard InChI is InChI=1S/C26H17F3N2O3S/c1-12-4-3-5-14(8-12)22-21(23(32)15-6-7-16(27)13(2)9-15)24(33)25(34)31(22)26-30-19-10-17(28)18(29)11-20(19)35-26/h3-11,22,32H,1-2H3/b23-21+. The van der Waals surface area contributed by atoms with Crippen LogP contribution >= 0.6 is 11.3 Å². The highest BCUT2D eigenvalue weighted by Crippen LogP contribution is 2.44. The summed E-state index contributed by atoms with van der Waals surface area (Å²) < 4.78 is 41.7. The molecule has 1 fully saturated rings. The number of thiazole rings is 1. The van der Waals surface area contributed by atoms with E-state index >= 15 is 0 Å². The minimum Gasteiger partial charge on any atom is -0.507 e. The highest BCUT2D eigenvalue weighted by Gasteiger charge is 2.48.